The maximum atomic E-state index is 10.1. The van der Waals surface area contributed by atoms with Crippen molar-refractivity contribution < 1.29 is 4.74 Å². The smallest absolute Gasteiger partial charge is 0.147 e. The van der Waals surface area contributed by atoms with Gasteiger partial charge in [0.1, 0.15) is 18.9 Å². The van der Waals surface area contributed by atoms with E-state index in [4.69, 9.17) is 4.74 Å². The number of fused-ring (bicyclic) bond motifs is 1. The third-order valence-electron chi connectivity index (χ3n) is 2.00. The molecular weight excluding hydrogens is 168 g/mol. The molecule has 0 atom stereocenters. The van der Waals surface area contributed by atoms with Gasteiger partial charge in [0.15, 0.2) is 0 Å². The maximum Gasteiger partial charge on any atom is 0.147 e. The number of nitrogens with one attached hydrogen (secondary N) is 1. The molecule has 1 aliphatic rings. The first-order valence-corrected chi connectivity index (χ1v) is 4.19. The molecule has 68 valence electrons. The highest BCUT2D eigenvalue weighted by Gasteiger charge is 2.13. The average Bonchev–Trinajstić information content (AvgIpc) is 2.19. The Labute approximate surface area is 75.9 Å². The molecule has 0 aliphatic carbocycles. The number of hydrogen-bond acceptors (Lipinski definition) is 4. The standard InChI is InChI=1S/C9H10N2O2/c12-11-6-7-2-1-3-8-9(7)13-5-4-10-8/h1-3,10H,4-6H2. The zero-order valence-electron chi connectivity index (χ0n) is 7.12. The van der Waals surface area contributed by atoms with Gasteiger partial charge in [-0.15, -0.1) is 0 Å². The second-order valence-electron chi connectivity index (χ2n) is 2.86. The summed E-state index contributed by atoms with van der Waals surface area (Å²) in [7, 11) is 0. The molecule has 1 heterocycles. The minimum absolute atomic E-state index is 0.171. The van der Waals surface area contributed by atoms with Crippen LogP contribution in [0.3, 0.4) is 0 Å². The van der Waals surface area contributed by atoms with Crippen molar-refractivity contribution in [1.29, 1.82) is 0 Å². The van der Waals surface area contributed by atoms with E-state index in [1.165, 1.54) is 0 Å². The number of anilines is 1. The van der Waals surface area contributed by atoms with E-state index in [1.54, 1.807) is 0 Å². The lowest BCUT2D eigenvalue weighted by atomic mass is 10.1. The number of hydrogen-bond donors (Lipinski definition) is 1. The molecule has 0 spiro atoms. The van der Waals surface area contributed by atoms with Crippen molar-refractivity contribution in [2.45, 2.75) is 6.54 Å². The van der Waals surface area contributed by atoms with Crippen LogP contribution in [0.25, 0.3) is 0 Å². The van der Waals surface area contributed by atoms with E-state index in [0.29, 0.717) is 6.61 Å². The summed E-state index contributed by atoms with van der Waals surface area (Å²) in [5.41, 5.74) is 1.80. The molecule has 0 amide bonds. The van der Waals surface area contributed by atoms with Crippen molar-refractivity contribution in [1.82, 2.24) is 0 Å². The van der Waals surface area contributed by atoms with Gasteiger partial charge in [-0.3, -0.25) is 0 Å². The lowest BCUT2D eigenvalue weighted by Crippen LogP contribution is -2.18. The third kappa shape index (κ3) is 1.47. The molecule has 4 nitrogen and oxygen atoms in total. The van der Waals surface area contributed by atoms with Gasteiger partial charge in [0.05, 0.1) is 5.69 Å². The van der Waals surface area contributed by atoms with Gasteiger partial charge in [-0.25, -0.2) is 0 Å². The Kier molecular flexibility index (Phi) is 2.12. The molecule has 1 aromatic carbocycles. The molecule has 13 heavy (non-hydrogen) atoms. The third-order valence-corrected chi connectivity index (χ3v) is 2.00. The Balaban J connectivity index is 2.39. The molecule has 1 N–H and O–H groups in total. The normalized spacial score (nSPS) is 13.8. The molecule has 0 radical (unpaired) electrons. The van der Waals surface area contributed by atoms with E-state index >= 15 is 0 Å². The number of para-hydroxylation sites is 1. The quantitative estimate of drug-likeness (QED) is 0.702. The zero-order valence-corrected chi connectivity index (χ0v) is 7.12. The summed E-state index contributed by atoms with van der Waals surface area (Å²) in [5.74, 6) is 0.772. The molecule has 0 fully saturated rings. The predicted octanol–water partition coefficient (Wildman–Crippen LogP) is 1.76. The lowest BCUT2D eigenvalue weighted by molar-refractivity contribution is 0.320. The Hall–Kier alpha value is -1.58. The molecule has 0 unspecified atom stereocenters. The van der Waals surface area contributed by atoms with Gasteiger partial charge in [0.2, 0.25) is 0 Å². The van der Waals surface area contributed by atoms with E-state index in [0.717, 1.165) is 23.5 Å². The van der Waals surface area contributed by atoms with Crippen LogP contribution in [0.5, 0.6) is 5.75 Å². The van der Waals surface area contributed by atoms with Crippen LogP contribution in [-0.2, 0) is 6.54 Å². The van der Waals surface area contributed by atoms with Crippen LogP contribution in [0.2, 0.25) is 0 Å². The van der Waals surface area contributed by atoms with Crippen molar-refractivity contribution in [3.05, 3.63) is 28.7 Å². The van der Waals surface area contributed by atoms with E-state index in [2.05, 4.69) is 10.5 Å². The van der Waals surface area contributed by atoms with Crippen LogP contribution in [0.4, 0.5) is 5.69 Å². The molecule has 1 aromatic rings. The molecule has 0 saturated heterocycles. The summed E-state index contributed by atoms with van der Waals surface area (Å²) in [6, 6.07) is 5.68. The fourth-order valence-electron chi connectivity index (χ4n) is 1.43. The highest BCUT2D eigenvalue weighted by Crippen LogP contribution is 2.31. The number of nitrogens with zero attached hydrogens (tertiary/aromatic N) is 1. The van der Waals surface area contributed by atoms with Crippen LogP contribution in [0.1, 0.15) is 5.56 Å². The minimum Gasteiger partial charge on any atom is -0.489 e. The summed E-state index contributed by atoms with van der Waals surface area (Å²) in [6.07, 6.45) is 0. The van der Waals surface area contributed by atoms with Crippen LogP contribution in [-0.4, -0.2) is 13.2 Å². The molecule has 1 aliphatic heterocycles. The van der Waals surface area contributed by atoms with Gasteiger partial charge < -0.3 is 10.1 Å². The summed E-state index contributed by atoms with van der Waals surface area (Å²) in [6.45, 7) is 1.62. The minimum atomic E-state index is 0.171. The van der Waals surface area contributed by atoms with E-state index < -0.39 is 0 Å². The summed E-state index contributed by atoms with van der Waals surface area (Å²) in [4.78, 5) is 10.1. The fourth-order valence-corrected chi connectivity index (χ4v) is 1.43. The molecular formula is C9H10N2O2. The largest absolute Gasteiger partial charge is 0.489 e. The van der Waals surface area contributed by atoms with E-state index in [1.807, 2.05) is 18.2 Å². The Morgan fingerprint density at radius 2 is 2.46 bits per heavy atom. The fraction of sp³-hybridized carbons (Fsp3) is 0.333. The van der Waals surface area contributed by atoms with Gasteiger partial charge >= 0.3 is 0 Å². The second-order valence-corrected chi connectivity index (χ2v) is 2.86. The second kappa shape index (κ2) is 3.43. The maximum absolute atomic E-state index is 10.1. The molecule has 4 heteroatoms. The first kappa shape index (κ1) is 8.04. The highest BCUT2D eigenvalue weighted by atomic mass is 16.5. The zero-order chi connectivity index (χ0) is 9.10. The van der Waals surface area contributed by atoms with Gasteiger partial charge in [-0.05, 0) is 6.07 Å². The van der Waals surface area contributed by atoms with Gasteiger partial charge in [0, 0.05) is 12.1 Å². The predicted molar refractivity (Wildman–Crippen MR) is 49.9 cm³/mol. The van der Waals surface area contributed by atoms with E-state index in [-0.39, 0.29) is 6.54 Å². The van der Waals surface area contributed by atoms with Crippen LogP contribution < -0.4 is 10.1 Å². The highest BCUT2D eigenvalue weighted by molar-refractivity contribution is 5.61. The Morgan fingerprint density at radius 3 is 3.31 bits per heavy atom. The van der Waals surface area contributed by atoms with Crippen molar-refractivity contribution in [2.24, 2.45) is 5.18 Å². The molecule has 0 aromatic heterocycles. The van der Waals surface area contributed by atoms with Gasteiger partial charge in [-0.2, -0.15) is 4.91 Å². The van der Waals surface area contributed by atoms with E-state index in [9.17, 15) is 4.91 Å². The lowest BCUT2D eigenvalue weighted by Gasteiger charge is -2.20. The average molecular weight is 178 g/mol. The first-order chi connectivity index (χ1) is 6.42. The summed E-state index contributed by atoms with van der Waals surface area (Å²) in [5, 5.41) is 6.05. The number of rotatable bonds is 2. The summed E-state index contributed by atoms with van der Waals surface area (Å²) < 4.78 is 5.45. The Bertz CT molecular complexity index is 325. The van der Waals surface area contributed by atoms with Crippen LogP contribution >= 0.6 is 0 Å². The monoisotopic (exact) mass is 178 g/mol. The topological polar surface area (TPSA) is 50.7 Å². The van der Waals surface area contributed by atoms with Crippen molar-refractivity contribution >= 4 is 5.69 Å². The molecule has 0 saturated carbocycles. The molecule has 0 bridgehead atoms. The molecule has 2 rings (SSSR count). The Morgan fingerprint density at radius 1 is 1.54 bits per heavy atom. The van der Waals surface area contributed by atoms with Crippen molar-refractivity contribution in [2.75, 3.05) is 18.5 Å². The van der Waals surface area contributed by atoms with Crippen molar-refractivity contribution in [3.8, 4) is 5.75 Å². The SMILES string of the molecule is O=NCc1cccc2c1OCCN2. The number of nitroso groups, excluding NO2 is 1. The van der Waals surface area contributed by atoms with Crippen molar-refractivity contribution in [3.63, 3.8) is 0 Å². The van der Waals surface area contributed by atoms with Crippen LogP contribution in [0, 0.1) is 4.91 Å². The van der Waals surface area contributed by atoms with Gasteiger partial charge in [0.25, 0.3) is 0 Å². The number of ether oxygens (including phenoxy) is 1. The number of benzene rings is 1. The first-order valence-electron chi connectivity index (χ1n) is 4.19. The van der Waals surface area contributed by atoms with Crippen LogP contribution in [0.15, 0.2) is 23.4 Å². The summed E-state index contributed by atoms with van der Waals surface area (Å²) >= 11 is 0. The van der Waals surface area contributed by atoms with Gasteiger partial charge in [-0.1, -0.05) is 17.3 Å².